The molecule has 1 saturated heterocycles. The van der Waals surface area contributed by atoms with Crippen molar-refractivity contribution in [1.82, 2.24) is 19.8 Å². The molecule has 0 aliphatic carbocycles. The van der Waals surface area contributed by atoms with Crippen molar-refractivity contribution in [2.24, 2.45) is 0 Å². The van der Waals surface area contributed by atoms with Gasteiger partial charge in [0.15, 0.2) is 5.16 Å². The Hall–Kier alpha value is -2.84. The number of imide groups is 1. The third-order valence-electron chi connectivity index (χ3n) is 4.91. The van der Waals surface area contributed by atoms with Crippen LogP contribution < -0.4 is 10.9 Å². The van der Waals surface area contributed by atoms with Gasteiger partial charge in [0.2, 0.25) is 5.91 Å². The second-order valence-corrected chi connectivity index (χ2v) is 8.71. The van der Waals surface area contributed by atoms with Gasteiger partial charge in [0.1, 0.15) is 0 Å². The van der Waals surface area contributed by atoms with Gasteiger partial charge in [-0.3, -0.25) is 19.1 Å². The molecule has 2 aromatic carbocycles. The smallest absolute Gasteiger partial charge is 0.324 e. The Balaban J connectivity index is 1.84. The average Bonchev–Trinajstić information content (AvgIpc) is 3.14. The SMILES string of the molecule is Cc1ccccc1-n1c(SC(C)C(=O)N2CCNC2=O)nc2cc(Cl)ccc2c1=O. The molecule has 4 rings (SSSR count). The van der Waals surface area contributed by atoms with Crippen molar-refractivity contribution in [3.63, 3.8) is 0 Å². The Labute approximate surface area is 182 Å². The van der Waals surface area contributed by atoms with Gasteiger partial charge in [0, 0.05) is 18.1 Å². The number of para-hydroxylation sites is 1. The van der Waals surface area contributed by atoms with Gasteiger partial charge in [-0.25, -0.2) is 9.78 Å². The number of hydrogen-bond donors (Lipinski definition) is 1. The first-order chi connectivity index (χ1) is 14.4. The van der Waals surface area contributed by atoms with E-state index in [9.17, 15) is 14.4 Å². The normalized spacial score (nSPS) is 14.8. The minimum atomic E-state index is -0.618. The van der Waals surface area contributed by atoms with Crippen LogP contribution in [0.25, 0.3) is 16.6 Å². The predicted octanol–water partition coefficient (Wildman–Crippen LogP) is 3.38. The van der Waals surface area contributed by atoms with Gasteiger partial charge in [0.25, 0.3) is 5.56 Å². The summed E-state index contributed by atoms with van der Waals surface area (Å²) >= 11 is 7.25. The van der Waals surface area contributed by atoms with Crippen molar-refractivity contribution >= 4 is 46.2 Å². The third-order valence-corrected chi connectivity index (χ3v) is 6.18. The average molecular weight is 443 g/mol. The lowest BCUT2D eigenvalue weighted by atomic mass is 10.2. The van der Waals surface area contributed by atoms with Gasteiger partial charge in [0.05, 0.1) is 21.8 Å². The lowest BCUT2D eigenvalue weighted by Gasteiger charge is -2.20. The number of nitrogens with zero attached hydrogens (tertiary/aromatic N) is 3. The fourth-order valence-electron chi connectivity index (χ4n) is 3.35. The highest BCUT2D eigenvalue weighted by molar-refractivity contribution is 8.00. The van der Waals surface area contributed by atoms with Crippen LogP contribution in [0.1, 0.15) is 12.5 Å². The van der Waals surface area contributed by atoms with Gasteiger partial charge < -0.3 is 5.32 Å². The highest BCUT2D eigenvalue weighted by Crippen LogP contribution is 2.28. The molecule has 0 spiro atoms. The maximum Gasteiger partial charge on any atom is 0.324 e. The number of amides is 3. The molecule has 3 aromatic rings. The lowest BCUT2D eigenvalue weighted by molar-refractivity contribution is -0.126. The highest BCUT2D eigenvalue weighted by atomic mass is 35.5. The standard InChI is InChI=1S/C21H19ClN4O3S/c1-12-5-3-4-6-17(12)26-19(28)15-8-7-14(22)11-16(15)24-21(26)30-13(2)18(27)25-10-9-23-20(25)29/h3-8,11,13H,9-10H2,1-2H3,(H,23,29). The van der Waals surface area contributed by atoms with Crippen LogP contribution in [0.2, 0.25) is 5.02 Å². The van der Waals surface area contributed by atoms with E-state index < -0.39 is 11.3 Å². The maximum atomic E-state index is 13.4. The predicted molar refractivity (Wildman–Crippen MR) is 118 cm³/mol. The van der Waals surface area contributed by atoms with Crippen LogP contribution in [0.3, 0.4) is 0 Å². The fraction of sp³-hybridized carbons (Fsp3) is 0.238. The van der Waals surface area contributed by atoms with Crippen molar-refractivity contribution < 1.29 is 9.59 Å². The minimum absolute atomic E-state index is 0.243. The van der Waals surface area contributed by atoms with E-state index in [1.807, 2.05) is 31.2 Å². The van der Waals surface area contributed by atoms with Gasteiger partial charge in [-0.1, -0.05) is 41.6 Å². The summed E-state index contributed by atoms with van der Waals surface area (Å²) in [5.74, 6) is -0.327. The van der Waals surface area contributed by atoms with Gasteiger partial charge in [-0.05, 0) is 43.7 Å². The molecule has 1 N–H and O–H groups in total. The molecule has 154 valence electrons. The Kier molecular flexibility index (Phi) is 5.53. The molecule has 1 aromatic heterocycles. The Morgan fingerprint density at radius 2 is 2.00 bits per heavy atom. The van der Waals surface area contributed by atoms with Gasteiger partial charge >= 0.3 is 6.03 Å². The van der Waals surface area contributed by atoms with Crippen LogP contribution in [0, 0.1) is 6.92 Å². The summed E-state index contributed by atoms with van der Waals surface area (Å²) in [5.41, 5.74) is 1.80. The van der Waals surface area contributed by atoms with Crippen molar-refractivity contribution in [3.8, 4) is 5.69 Å². The number of carbonyl (C=O) groups excluding carboxylic acids is 2. The first-order valence-corrected chi connectivity index (χ1v) is 10.7. The molecular formula is C21H19ClN4O3S. The molecule has 0 radical (unpaired) electrons. The summed E-state index contributed by atoms with van der Waals surface area (Å²) in [6.07, 6.45) is 0. The molecule has 9 heteroatoms. The fourth-order valence-corrected chi connectivity index (χ4v) is 4.50. The molecule has 0 saturated carbocycles. The molecule has 1 aliphatic heterocycles. The van der Waals surface area contributed by atoms with E-state index in [2.05, 4.69) is 10.3 Å². The van der Waals surface area contributed by atoms with Crippen LogP contribution in [-0.2, 0) is 4.79 Å². The second kappa shape index (κ2) is 8.12. The van der Waals surface area contributed by atoms with Crippen LogP contribution in [0.5, 0.6) is 0 Å². The number of thioether (sulfide) groups is 1. The number of urea groups is 1. The first-order valence-electron chi connectivity index (χ1n) is 9.41. The van der Waals surface area contributed by atoms with Crippen LogP contribution >= 0.6 is 23.4 Å². The second-order valence-electron chi connectivity index (χ2n) is 6.96. The molecule has 1 unspecified atom stereocenters. The molecule has 3 amide bonds. The minimum Gasteiger partial charge on any atom is -0.336 e. The lowest BCUT2D eigenvalue weighted by Crippen LogP contribution is -2.39. The van der Waals surface area contributed by atoms with Crippen LogP contribution in [0.15, 0.2) is 52.4 Å². The summed E-state index contributed by atoms with van der Waals surface area (Å²) in [5, 5.41) is 3.28. The summed E-state index contributed by atoms with van der Waals surface area (Å²) in [6, 6.07) is 12.0. The van der Waals surface area contributed by atoms with E-state index in [1.54, 1.807) is 25.1 Å². The summed E-state index contributed by atoms with van der Waals surface area (Å²) in [4.78, 5) is 43.9. The largest absolute Gasteiger partial charge is 0.336 e. The number of carbonyl (C=O) groups is 2. The Bertz CT molecular complexity index is 1230. The zero-order valence-corrected chi connectivity index (χ0v) is 18.0. The number of hydrogen-bond acceptors (Lipinski definition) is 5. The van der Waals surface area contributed by atoms with E-state index in [1.165, 1.54) is 9.47 Å². The number of benzene rings is 2. The topological polar surface area (TPSA) is 84.3 Å². The number of rotatable bonds is 4. The molecule has 1 atom stereocenters. The summed E-state index contributed by atoms with van der Waals surface area (Å²) < 4.78 is 1.52. The number of halogens is 1. The highest BCUT2D eigenvalue weighted by Gasteiger charge is 2.31. The van der Waals surface area contributed by atoms with Gasteiger partial charge in [-0.15, -0.1) is 0 Å². The van der Waals surface area contributed by atoms with Crippen molar-refractivity contribution in [2.75, 3.05) is 13.1 Å². The third kappa shape index (κ3) is 3.68. The molecule has 0 bridgehead atoms. The van der Waals surface area contributed by atoms with Crippen molar-refractivity contribution in [2.45, 2.75) is 24.3 Å². The van der Waals surface area contributed by atoms with Crippen molar-refractivity contribution in [1.29, 1.82) is 0 Å². The van der Waals surface area contributed by atoms with E-state index in [0.717, 1.165) is 17.3 Å². The molecule has 1 fully saturated rings. The molecule has 7 nitrogen and oxygen atoms in total. The Morgan fingerprint density at radius 1 is 1.23 bits per heavy atom. The summed E-state index contributed by atoms with van der Waals surface area (Å²) in [7, 11) is 0. The molecular weight excluding hydrogens is 424 g/mol. The molecule has 2 heterocycles. The van der Waals surface area contributed by atoms with E-state index in [0.29, 0.717) is 39.9 Å². The zero-order valence-electron chi connectivity index (χ0n) is 16.4. The number of aryl methyl sites for hydroxylation is 1. The number of nitrogens with one attached hydrogen (secondary N) is 1. The van der Waals surface area contributed by atoms with Gasteiger partial charge in [-0.2, -0.15) is 0 Å². The van der Waals surface area contributed by atoms with Crippen molar-refractivity contribution in [3.05, 3.63) is 63.4 Å². The number of aromatic nitrogens is 2. The van der Waals surface area contributed by atoms with Crippen LogP contribution in [0.4, 0.5) is 4.79 Å². The zero-order chi connectivity index (χ0) is 21.4. The first kappa shape index (κ1) is 20.4. The molecule has 30 heavy (non-hydrogen) atoms. The maximum absolute atomic E-state index is 13.4. The summed E-state index contributed by atoms with van der Waals surface area (Å²) in [6.45, 7) is 4.37. The van der Waals surface area contributed by atoms with E-state index >= 15 is 0 Å². The number of fused-ring (bicyclic) bond motifs is 1. The Morgan fingerprint density at radius 3 is 2.70 bits per heavy atom. The molecule has 1 aliphatic rings. The van der Waals surface area contributed by atoms with E-state index in [4.69, 9.17) is 11.6 Å². The van der Waals surface area contributed by atoms with Crippen LogP contribution in [-0.4, -0.2) is 44.7 Å². The monoisotopic (exact) mass is 442 g/mol. The quantitative estimate of drug-likeness (QED) is 0.494. The van der Waals surface area contributed by atoms with E-state index in [-0.39, 0.29) is 11.5 Å².